The maximum atomic E-state index is 6.50. The summed E-state index contributed by atoms with van der Waals surface area (Å²) >= 11 is 0. The molecule has 7 rings (SSSR count). The van der Waals surface area contributed by atoms with Crippen LogP contribution in [0.3, 0.4) is 0 Å². The van der Waals surface area contributed by atoms with Gasteiger partial charge in [-0.15, -0.1) is 0 Å². The first-order valence-electron chi connectivity index (χ1n) is 17.5. The van der Waals surface area contributed by atoms with Crippen LogP contribution in [0.15, 0.2) is 82.5 Å². The van der Waals surface area contributed by atoms with Crippen molar-refractivity contribution in [2.45, 2.75) is 105 Å². The molecule has 3 unspecified atom stereocenters. The van der Waals surface area contributed by atoms with Gasteiger partial charge in [-0.25, -0.2) is 4.98 Å². The highest BCUT2D eigenvalue weighted by atomic mass is 28.3. The molecular formula is C42H50N3OSi+. The van der Waals surface area contributed by atoms with Crippen LogP contribution in [0.25, 0.3) is 33.3 Å². The van der Waals surface area contributed by atoms with E-state index >= 15 is 0 Å². The van der Waals surface area contributed by atoms with Gasteiger partial charge in [-0.1, -0.05) is 90.7 Å². The van der Waals surface area contributed by atoms with Gasteiger partial charge >= 0.3 is 0 Å². The number of rotatable bonds is 4. The Morgan fingerprint density at radius 1 is 1.04 bits per heavy atom. The highest BCUT2D eigenvalue weighted by Crippen LogP contribution is 2.46. The minimum absolute atomic E-state index is 0.217. The van der Waals surface area contributed by atoms with Gasteiger partial charge in [0.05, 0.1) is 14.5 Å². The largest absolute Gasteiger partial charge is 0.437 e. The summed E-state index contributed by atoms with van der Waals surface area (Å²) in [6.07, 6.45) is 6.51. The zero-order chi connectivity index (χ0) is 33.4. The highest BCUT2D eigenvalue weighted by Gasteiger charge is 2.43. The number of pyridine rings is 2. The van der Waals surface area contributed by atoms with E-state index < -0.39 is 8.07 Å². The lowest BCUT2D eigenvalue weighted by molar-refractivity contribution is -0.717. The molecule has 242 valence electrons. The molecule has 0 aliphatic carbocycles. The van der Waals surface area contributed by atoms with Crippen LogP contribution in [0.1, 0.15) is 99.7 Å². The van der Waals surface area contributed by atoms with Crippen molar-refractivity contribution < 1.29 is 8.98 Å². The Kier molecular flexibility index (Phi) is 7.70. The summed E-state index contributed by atoms with van der Waals surface area (Å²) in [4.78, 5) is 9.95. The van der Waals surface area contributed by atoms with Crippen molar-refractivity contribution in [1.29, 1.82) is 0 Å². The number of allylic oxidation sites excluding steroid dienone is 1. The molecule has 3 aromatic heterocycles. The Morgan fingerprint density at radius 2 is 1.79 bits per heavy atom. The third kappa shape index (κ3) is 5.31. The first-order valence-corrected chi connectivity index (χ1v) is 21.0. The van der Waals surface area contributed by atoms with Crippen molar-refractivity contribution in [3.8, 4) is 11.3 Å². The number of fused-ring (bicyclic) bond motifs is 11. The Hall–Kier alpha value is -3.83. The fourth-order valence-electron chi connectivity index (χ4n) is 8.18. The second kappa shape index (κ2) is 11.4. The van der Waals surface area contributed by atoms with E-state index in [0.29, 0.717) is 17.5 Å². The van der Waals surface area contributed by atoms with E-state index in [4.69, 9.17) is 14.4 Å². The van der Waals surface area contributed by atoms with E-state index in [0.717, 1.165) is 64.7 Å². The smallest absolute Gasteiger partial charge is 0.227 e. The molecule has 0 spiro atoms. The van der Waals surface area contributed by atoms with Crippen LogP contribution in [0.4, 0.5) is 0 Å². The minimum atomic E-state index is -1.69. The van der Waals surface area contributed by atoms with E-state index in [-0.39, 0.29) is 11.5 Å². The van der Waals surface area contributed by atoms with Gasteiger partial charge in [0.25, 0.3) is 0 Å². The summed E-state index contributed by atoms with van der Waals surface area (Å²) in [6.45, 7) is 25.9. The number of benzene rings is 2. The lowest BCUT2D eigenvalue weighted by atomic mass is 9.73. The quantitative estimate of drug-likeness (QED) is 0.145. The lowest BCUT2D eigenvalue weighted by Gasteiger charge is -2.36. The maximum absolute atomic E-state index is 6.50. The molecule has 0 bridgehead atoms. The molecule has 0 radical (unpaired) electrons. The van der Waals surface area contributed by atoms with E-state index in [1.54, 1.807) is 5.19 Å². The molecule has 4 nitrogen and oxygen atoms in total. The Bertz CT molecular complexity index is 2090. The number of aryl methyl sites for hydroxylation is 2. The predicted octanol–water partition coefficient (Wildman–Crippen LogP) is 10.3. The molecule has 2 aromatic carbocycles. The average Bonchev–Trinajstić information content (AvgIpc) is 3.39. The third-order valence-electron chi connectivity index (χ3n) is 11.6. The van der Waals surface area contributed by atoms with E-state index in [1.165, 1.54) is 27.9 Å². The molecule has 5 aromatic rings. The number of aliphatic imine (C=N–C) groups is 1. The lowest BCUT2D eigenvalue weighted by Crippen LogP contribution is -2.54. The number of hydrogen-bond acceptors (Lipinski definition) is 3. The Labute approximate surface area is 281 Å². The van der Waals surface area contributed by atoms with Crippen molar-refractivity contribution in [2.75, 3.05) is 0 Å². The van der Waals surface area contributed by atoms with Crippen LogP contribution in [-0.2, 0) is 6.42 Å². The number of aromatic nitrogens is 2. The fraction of sp³-hybridized carbons (Fsp3) is 0.405. The van der Waals surface area contributed by atoms with Gasteiger partial charge in [-0.3, -0.25) is 4.99 Å². The Morgan fingerprint density at radius 3 is 2.53 bits per heavy atom. The number of furan rings is 1. The van der Waals surface area contributed by atoms with Gasteiger partial charge in [0.2, 0.25) is 11.4 Å². The topological polar surface area (TPSA) is 42.3 Å². The zero-order valence-corrected chi connectivity index (χ0v) is 30.8. The highest BCUT2D eigenvalue weighted by molar-refractivity contribution is 6.89. The van der Waals surface area contributed by atoms with E-state index in [1.807, 2.05) is 6.92 Å². The number of nitrogens with zero attached hydrogens (tertiary/aromatic N) is 3. The SMILES string of the molecule is C=C1CC2C(CCc3ccc4c(oc5nc(C)ccc54)c3/C(C)=N\1)c1ccccc1-c1cc(C(C)C(C)(C)CC)c([Si](C)(C)C)c[n+]12. The minimum Gasteiger partial charge on any atom is -0.437 e. The molecule has 47 heavy (non-hydrogen) atoms. The molecule has 2 aliphatic rings. The van der Waals surface area contributed by atoms with Gasteiger partial charge in [-0.2, -0.15) is 4.57 Å². The van der Waals surface area contributed by atoms with Crippen LogP contribution in [0.5, 0.6) is 0 Å². The first-order chi connectivity index (χ1) is 22.3. The van der Waals surface area contributed by atoms with E-state index in [9.17, 15) is 0 Å². The molecule has 3 atom stereocenters. The second-order valence-corrected chi connectivity index (χ2v) is 20.9. The van der Waals surface area contributed by atoms with Gasteiger partial charge in [0.15, 0.2) is 12.2 Å². The molecule has 0 fully saturated rings. The molecular weight excluding hydrogens is 591 g/mol. The Balaban J connectivity index is 1.41. The van der Waals surface area contributed by atoms with Crippen LogP contribution in [0.2, 0.25) is 19.6 Å². The molecule has 0 saturated heterocycles. The maximum Gasteiger partial charge on any atom is 0.227 e. The summed E-state index contributed by atoms with van der Waals surface area (Å²) < 4.78 is 9.14. The summed E-state index contributed by atoms with van der Waals surface area (Å²) in [6, 6.07) is 20.7. The van der Waals surface area contributed by atoms with Gasteiger partial charge in [0.1, 0.15) is 5.58 Å². The standard InChI is InChI=1S/C42H50N3OSi/c1-11-42(6,7)27(4)35-23-37-31-15-13-12-14-30(31)32-20-17-29-18-21-33-34-19-16-25(2)44-41(34)46-40(33)39(29)28(5)43-26(3)22-36(32)45(37)24-38(35)47(8,9)10/h12-16,18-19,21,23-24,27,32,36H,3,11,17,20,22H2,1-2,4-10H3/q+1/b43-28-. The fourth-order valence-corrected chi connectivity index (χ4v) is 9.86. The summed E-state index contributed by atoms with van der Waals surface area (Å²) in [5.41, 5.74) is 12.7. The number of hydrogen-bond donors (Lipinski definition) is 0. The zero-order valence-electron chi connectivity index (χ0n) is 29.8. The van der Waals surface area contributed by atoms with Crippen LogP contribution in [0, 0.1) is 12.3 Å². The van der Waals surface area contributed by atoms with E-state index in [2.05, 4.69) is 126 Å². The molecule has 5 heteroatoms. The monoisotopic (exact) mass is 640 g/mol. The molecule has 0 saturated carbocycles. The van der Waals surface area contributed by atoms with Crippen molar-refractivity contribution in [2.24, 2.45) is 10.4 Å². The van der Waals surface area contributed by atoms with Crippen molar-refractivity contribution in [1.82, 2.24) is 4.98 Å². The van der Waals surface area contributed by atoms with Crippen molar-refractivity contribution in [3.05, 3.63) is 101 Å². The van der Waals surface area contributed by atoms with Crippen LogP contribution < -0.4 is 9.75 Å². The van der Waals surface area contributed by atoms with Crippen molar-refractivity contribution >= 4 is 41.0 Å². The second-order valence-electron chi connectivity index (χ2n) is 15.9. The molecule has 0 N–H and O–H groups in total. The third-order valence-corrected chi connectivity index (χ3v) is 13.6. The van der Waals surface area contributed by atoms with Crippen LogP contribution in [-0.4, -0.2) is 18.8 Å². The van der Waals surface area contributed by atoms with Crippen molar-refractivity contribution in [3.63, 3.8) is 0 Å². The van der Waals surface area contributed by atoms with Gasteiger partial charge in [-0.05, 0) is 72.9 Å². The van der Waals surface area contributed by atoms with Gasteiger partial charge in [0, 0.05) is 56.2 Å². The molecule has 5 heterocycles. The summed E-state index contributed by atoms with van der Waals surface area (Å²) in [7, 11) is -1.69. The molecule has 0 amide bonds. The average molecular weight is 641 g/mol. The summed E-state index contributed by atoms with van der Waals surface area (Å²) in [5.74, 6) is 0.796. The van der Waals surface area contributed by atoms with Gasteiger partial charge < -0.3 is 4.42 Å². The molecule has 2 aliphatic heterocycles. The predicted molar refractivity (Wildman–Crippen MR) is 200 cm³/mol. The normalized spacial score (nSPS) is 20.2. The van der Waals surface area contributed by atoms with Crippen LogP contribution >= 0.6 is 0 Å². The summed E-state index contributed by atoms with van der Waals surface area (Å²) in [5, 5.41) is 3.74. The first kappa shape index (κ1) is 31.8.